The highest BCUT2D eigenvalue weighted by Crippen LogP contribution is 2.28. The van der Waals surface area contributed by atoms with Crippen molar-refractivity contribution in [2.24, 2.45) is 0 Å². The average Bonchev–Trinajstić information content (AvgIpc) is 2.33. The molecule has 1 aromatic rings. The lowest BCUT2D eigenvalue weighted by atomic mass is 10.1. The summed E-state index contributed by atoms with van der Waals surface area (Å²) in [5.41, 5.74) is 1.09. The molecular formula is C14H24N2O2. The summed E-state index contributed by atoms with van der Waals surface area (Å²) < 4.78 is 10.5. The van der Waals surface area contributed by atoms with Crippen LogP contribution in [0.15, 0.2) is 18.2 Å². The minimum atomic E-state index is 0.139. The smallest absolute Gasteiger partial charge is 0.142 e. The predicted octanol–water partition coefficient (Wildman–Crippen LogP) is 2.50. The van der Waals surface area contributed by atoms with Gasteiger partial charge in [0.25, 0.3) is 0 Å². The average molecular weight is 252 g/mol. The van der Waals surface area contributed by atoms with Crippen LogP contribution in [-0.2, 0) is 0 Å². The molecule has 0 aromatic heterocycles. The number of hydrogen-bond donors (Lipinski definition) is 2. The first-order valence-corrected chi connectivity index (χ1v) is 6.17. The molecule has 0 saturated carbocycles. The number of rotatable bonds is 6. The molecule has 0 amide bonds. The van der Waals surface area contributed by atoms with E-state index in [9.17, 15) is 0 Å². The van der Waals surface area contributed by atoms with Crippen LogP contribution in [0.25, 0.3) is 0 Å². The third kappa shape index (κ3) is 4.84. The van der Waals surface area contributed by atoms with Crippen molar-refractivity contribution < 1.29 is 9.47 Å². The molecule has 0 unspecified atom stereocenters. The van der Waals surface area contributed by atoms with Crippen molar-refractivity contribution in [1.29, 1.82) is 0 Å². The molecule has 0 fully saturated rings. The summed E-state index contributed by atoms with van der Waals surface area (Å²) >= 11 is 0. The van der Waals surface area contributed by atoms with Gasteiger partial charge in [-0.05, 0) is 32.9 Å². The molecule has 0 aliphatic carbocycles. The number of hydrogen-bond acceptors (Lipinski definition) is 4. The van der Waals surface area contributed by atoms with E-state index in [4.69, 9.17) is 9.47 Å². The fraction of sp³-hybridized carbons (Fsp3) is 0.571. The van der Waals surface area contributed by atoms with Gasteiger partial charge in [0.15, 0.2) is 0 Å². The zero-order valence-electron chi connectivity index (χ0n) is 12.0. The highest BCUT2D eigenvalue weighted by molar-refractivity contribution is 5.59. The number of ether oxygens (including phenoxy) is 2. The molecule has 0 aliphatic heterocycles. The van der Waals surface area contributed by atoms with Gasteiger partial charge >= 0.3 is 0 Å². The third-order valence-electron chi connectivity index (χ3n) is 2.50. The summed E-state index contributed by atoms with van der Waals surface area (Å²) in [5, 5.41) is 6.77. The van der Waals surface area contributed by atoms with Crippen LogP contribution < -0.4 is 20.1 Å². The Bertz CT molecular complexity index is 373. The maximum atomic E-state index is 5.30. The summed E-state index contributed by atoms with van der Waals surface area (Å²) in [5.74, 6) is 1.65. The van der Waals surface area contributed by atoms with E-state index in [0.717, 1.165) is 30.3 Å². The van der Waals surface area contributed by atoms with Crippen molar-refractivity contribution in [2.75, 3.05) is 32.6 Å². The van der Waals surface area contributed by atoms with E-state index in [1.165, 1.54) is 0 Å². The quantitative estimate of drug-likeness (QED) is 0.763. The zero-order valence-corrected chi connectivity index (χ0v) is 12.0. The Morgan fingerprint density at radius 2 is 1.78 bits per heavy atom. The van der Waals surface area contributed by atoms with E-state index in [1.54, 1.807) is 14.2 Å². The van der Waals surface area contributed by atoms with Gasteiger partial charge in [-0.1, -0.05) is 0 Å². The maximum Gasteiger partial charge on any atom is 0.142 e. The second kappa shape index (κ2) is 6.50. The van der Waals surface area contributed by atoms with Gasteiger partial charge in [0, 0.05) is 24.7 Å². The largest absolute Gasteiger partial charge is 0.497 e. The molecule has 4 heteroatoms. The summed E-state index contributed by atoms with van der Waals surface area (Å²) in [6.07, 6.45) is 0. The number of methoxy groups -OCH3 is 2. The Kier molecular flexibility index (Phi) is 5.28. The van der Waals surface area contributed by atoms with Gasteiger partial charge in [-0.15, -0.1) is 0 Å². The minimum Gasteiger partial charge on any atom is -0.497 e. The maximum absolute atomic E-state index is 5.30. The van der Waals surface area contributed by atoms with Crippen molar-refractivity contribution >= 4 is 5.69 Å². The first-order valence-electron chi connectivity index (χ1n) is 6.17. The number of benzene rings is 1. The molecule has 1 aromatic carbocycles. The van der Waals surface area contributed by atoms with E-state index in [2.05, 4.69) is 31.4 Å². The molecule has 0 atom stereocenters. The predicted molar refractivity (Wildman–Crippen MR) is 75.8 cm³/mol. The van der Waals surface area contributed by atoms with Crippen LogP contribution in [0, 0.1) is 0 Å². The van der Waals surface area contributed by atoms with Gasteiger partial charge < -0.3 is 20.1 Å². The van der Waals surface area contributed by atoms with Crippen LogP contribution in [0.3, 0.4) is 0 Å². The second-order valence-corrected chi connectivity index (χ2v) is 5.17. The molecule has 0 radical (unpaired) electrons. The lowest BCUT2D eigenvalue weighted by molar-refractivity contribution is 0.404. The summed E-state index contributed by atoms with van der Waals surface area (Å²) in [6.45, 7) is 8.18. The SMILES string of the molecule is COc1ccc(OC)c(NCCNC(C)(C)C)c1. The first kappa shape index (κ1) is 14.6. The lowest BCUT2D eigenvalue weighted by Gasteiger charge is -2.21. The van der Waals surface area contributed by atoms with E-state index < -0.39 is 0 Å². The summed E-state index contributed by atoms with van der Waals surface area (Å²) in [6, 6.07) is 5.73. The van der Waals surface area contributed by atoms with Gasteiger partial charge in [-0.2, -0.15) is 0 Å². The van der Waals surface area contributed by atoms with Gasteiger partial charge in [0.1, 0.15) is 11.5 Å². The van der Waals surface area contributed by atoms with Crippen molar-refractivity contribution in [1.82, 2.24) is 5.32 Å². The van der Waals surface area contributed by atoms with Crippen LogP contribution in [0.2, 0.25) is 0 Å². The van der Waals surface area contributed by atoms with Crippen molar-refractivity contribution in [2.45, 2.75) is 26.3 Å². The van der Waals surface area contributed by atoms with Crippen LogP contribution in [0.5, 0.6) is 11.5 Å². The monoisotopic (exact) mass is 252 g/mol. The van der Waals surface area contributed by atoms with E-state index >= 15 is 0 Å². The van der Waals surface area contributed by atoms with E-state index in [1.807, 2.05) is 18.2 Å². The number of nitrogens with one attached hydrogen (secondary N) is 2. The standard InChI is InChI=1S/C14H24N2O2/c1-14(2,3)16-9-8-15-12-10-11(17-4)6-7-13(12)18-5/h6-7,10,15-16H,8-9H2,1-5H3. The third-order valence-corrected chi connectivity index (χ3v) is 2.50. The van der Waals surface area contributed by atoms with E-state index in [0.29, 0.717) is 0 Å². The number of anilines is 1. The fourth-order valence-electron chi connectivity index (χ4n) is 1.59. The molecule has 2 N–H and O–H groups in total. The van der Waals surface area contributed by atoms with Crippen LogP contribution in [0.1, 0.15) is 20.8 Å². The van der Waals surface area contributed by atoms with Crippen LogP contribution in [0.4, 0.5) is 5.69 Å². The molecule has 1 rings (SSSR count). The lowest BCUT2D eigenvalue weighted by Crippen LogP contribution is -2.38. The van der Waals surface area contributed by atoms with Crippen LogP contribution in [-0.4, -0.2) is 32.8 Å². The van der Waals surface area contributed by atoms with E-state index in [-0.39, 0.29) is 5.54 Å². The minimum absolute atomic E-state index is 0.139. The Labute approximate surface area is 110 Å². The highest BCUT2D eigenvalue weighted by atomic mass is 16.5. The van der Waals surface area contributed by atoms with Crippen molar-refractivity contribution in [3.8, 4) is 11.5 Å². The molecular weight excluding hydrogens is 228 g/mol. The Morgan fingerprint density at radius 1 is 1.06 bits per heavy atom. The molecule has 0 bridgehead atoms. The Morgan fingerprint density at radius 3 is 2.33 bits per heavy atom. The molecule has 4 nitrogen and oxygen atoms in total. The van der Waals surface area contributed by atoms with Crippen LogP contribution >= 0.6 is 0 Å². The summed E-state index contributed by atoms with van der Waals surface area (Å²) in [4.78, 5) is 0. The molecule has 0 heterocycles. The normalized spacial score (nSPS) is 11.2. The van der Waals surface area contributed by atoms with Gasteiger partial charge in [-0.25, -0.2) is 0 Å². The molecule has 0 aliphatic rings. The van der Waals surface area contributed by atoms with Gasteiger partial charge in [0.2, 0.25) is 0 Å². The zero-order chi connectivity index (χ0) is 13.6. The second-order valence-electron chi connectivity index (χ2n) is 5.17. The molecule has 0 saturated heterocycles. The summed E-state index contributed by atoms with van der Waals surface area (Å²) in [7, 11) is 3.33. The van der Waals surface area contributed by atoms with Gasteiger partial charge in [-0.3, -0.25) is 0 Å². The van der Waals surface area contributed by atoms with Crippen molar-refractivity contribution in [3.05, 3.63) is 18.2 Å². The fourth-order valence-corrected chi connectivity index (χ4v) is 1.59. The molecule has 18 heavy (non-hydrogen) atoms. The van der Waals surface area contributed by atoms with Crippen molar-refractivity contribution in [3.63, 3.8) is 0 Å². The Balaban J connectivity index is 2.54. The topological polar surface area (TPSA) is 42.5 Å². The highest BCUT2D eigenvalue weighted by Gasteiger charge is 2.08. The molecule has 102 valence electrons. The first-order chi connectivity index (χ1) is 8.46. The Hall–Kier alpha value is -1.42. The molecule has 0 spiro atoms. The van der Waals surface area contributed by atoms with Gasteiger partial charge in [0.05, 0.1) is 19.9 Å².